The highest BCUT2D eigenvalue weighted by atomic mass is 32.2. The first-order chi connectivity index (χ1) is 6.57. The summed E-state index contributed by atoms with van der Waals surface area (Å²) in [6.07, 6.45) is 4.37. The molecule has 0 amide bonds. The molecule has 0 heterocycles. The first kappa shape index (κ1) is 11.9. The van der Waals surface area contributed by atoms with Crippen molar-refractivity contribution >= 4 is 10.0 Å². The van der Waals surface area contributed by atoms with E-state index >= 15 is 0 Å². The Morgan fingerprint density at radius 3 is 2.57 bits per heavy atom. The van der Waals surface area contributed by atoms with E-state index in [4.69, 9.17) is 5.73 Å². The number of hydrogen-bond acceptors (Lipinski definition) is 3. The molecule has 1 atom stereocenters. The summed E-state index contributed by atoms with van der Waals surface area (Å²) in [5, 5.41) is 0. The minimum Gasteiger partial charge on any atom is -0.329 e. The third kappa shape index (κ3) is 4.39. The highest BCUT2D eigenvalue weighted by molar-refractivity contribution is 7.89. The highest BCUT2D eigenvalue weighted by Gasteiger charge is 2.26. The van der Waals surface area contributed by atoms with E-state index in [1.165, 1.54) is 12.8 Å². The minimum absolute atomic E-state index is 0.0359. The largest absolute Gasteiger partial charge is 0.329 e. The molecule has 0 aliphatic heterocycles. The van der Waals surface area contributed by atoms with E-state index < -0.39 is 10.0 Å². The van der Waals surface area contributed by atoms with Crippen molar-refractivity contribution in [3.63, 3.8) is 0 Å². The first-order valence-electron chi connectivity index (χ1n) is 5.27. The fraction of sp³-hybridized carbons (Fsp3) is 1.00. The molecule has 0 saturated heterocycles. The molecule has 14 heavy (non-hydrogen) atoms. The average molecular weight is 220 g/mol. The van der Waals surface area contributed by atoms with Gasteiger partial charge in [-0.3, -0.25) is 0 Å². The molecule has 1 rings (SSSR count). The molecule has 0 spiro atoms. The molecule has 0 bridgehead atoms. The first-order valence-corrected chi connectivity index (χ1v) is 6.92. The summed E-state index contributed by atoms with van der Waals surface area (Å²) in [6.45, 7) is 2.20. The van der Waals surface area contributed by atoms with E-state index in [1.54, 1.807) is 0 Å². The summed E-state index contributed by atoms with van der Waals surface area (Å²) < 4.78 is 25.5. The number of nitrogens with one attached hydrogen (secondary N) is 1. The lowest BCUT2D eigenvalue weighted by Gasteiger charge is -2.16. The molecule has 0 aromatic heterocycles. The van der Waals surface area contributed by atoms with Crippen LogP contribution in [0.5, 0.6) is 0 Å². The normalized spacial score (nSPS) is 19.6. The molecule has 1 saturated carbocycles. The molecule has 0 aromatic rings. The maximum Gasteiger partial charge on any atom is 0.213 e. The zero-order valence-electron chi connectivity index (χ0n) is 8.70. The van der Waals surface area contributed by atoms with Gasteiger partial charge in [0.1, 0.15) is 0 Å². The van der Waals surface area contributed by atoms with E-state index in [-0.39, 0.29) is 18.3 Å². The molecular formula is C9H20N2O2S. The van der Waals surface area contributed by atoms with Crippen molar-refractivity contribution in [3.05, 3.63) is 0 Å². The Kier molecular flexibility index (Phi) is 4.34. The maximum atomic E-state index is 11.4. The maximum absolute atomic E-state index is 11.4. The Bertz CT molecular complexity index is 260. The fourth-order valence-corrected chi connectivity index (χ4v) is 2.72. The molecule has 5 heteroatoms. The van der Waals surface area contributed by atoms with Crippen molar-refractivity contribution in [1.82, 2.24) is 4.72 Å². The molecule has 3 N–H and O–H groups in total. The Morgan fingerprint density at radius 2 is 2.14 bits per heavy atom. The van der Waals surface area contributed by atoms with Gasteiger partial charge >= 0.3 is 0 Å². The van der Waals surface area contributed by atoms with Gasteiger partial charge in [0, 0.05) is 12.6 Å². The van der Waals surface area contributed by atoms with Crippen LogP contribution in [0.4, 0.5) is 0 Å². The second-order valence-corrected chi connectivity index (χ2v) is 5.88. The Labute approximate surface area is 86.3 Å². The monoisotopic (exact) mass is 220 g/mol. The van der Waals surface area contributed by atoms with Gasteiger partial charge < -0.3 is 5.73 Å². The van der Waals surface area contributed by atoms with E-state index in [0.29, 0.717) is 0 Å². The number of rotatable bonds is 7. The van der Waals surface area contributed by atoms with Crippen LogP contribution in [0.15, 0.2) is 0 Å². The molecule has 0 radical (unpaired) electrons. The Hall–Kier alpha value is -0.130. The van der Waals surface area contributed by atoms with Gasteiger partial charge in [-0.1, -0.05) is 19.8 Å². The van der Waals surface area contributed by atoms with Gasteiger partial charge in [0.15, 0.2) is 0 Å². The van der Waals surface area contributed by atoms with Gasteiger partial charge in [0.05, 0.1) is 5.75 Å². The van der Waals surface area contributed by atoms with Gasteiger partial charge in [0.25, 0.3) is 0 Å². The average Bonchev–Trinajstić information content (AvgIpc) is 2.86. The van der Waals surface area contributed by atoms with Crippen molar-refractivity contribution in [2.75, 3.05) is 12.3 Å². The van der Waals surface area contributed by atoms with Crippen molar-refractivity contribution in [2.24, 2.45) is 11.7 Å². The quantitative estimate of drug-likeness (QED) is 0.654. The number of sulfonamides is 1. The second kappa shape index (κ2) is 5.09. The molecule has 84 valence electrons. The van der Waals surface area contributed by atoms with Crippen molar-refractivity contribution in [2.45, 2.75) is 38.6 Å². The predicted octanol–water partition coefficient (Wildman–Crippen LogP) is 0.443. The van der Waals surface area contributed by atoms with Gasteiger partial charge in [0.2, 0.25) is 10.0 Å². The van der Waals surface area contributed by atoms with Crippen LogP contribution in [0.1, 0.15) is 32.6 Å². The van der Waals surface area contributed by atoms with E-state index in [0.717, 1.165) is 18.8 Å². The van der Waals surface area contributed by atoms with Crippen molar-refractivity contribution < 1.29 is 8.42 Å². The standard InChI is InChI=1S/C9H20N2O2S/c1-2-9(7-8-3-4-8)11-14(12,13)6-5-10/h8-9,11H,2-7,10H2,1H3. The third-order valence-electron chi connectivity index (χ3n) is 2.54. The molecule has 0 aromatic carbocycles. The summed E-state index contributed by atoms with van der Waals surface area (Å²) >= 11 is 0. The van der Waals surface area contributed by atoms with Crippen LogP contribution in [0, 0.1) is 5.92 Å². The summed E-state index contributed by atoms with van der Waals surface area (Å²) in [6, 6.07) is 0.110. The highest BCUT2D eigenvalue weighted by Crippen LogP contribution is 2.34. The van der Waals surface area contributed by atoms with Crippen LogP contribution in [0.2, 0.25) is 0 Å². The van der Waals surface area contributed by atoms with E-state index in [2.05, 4.69) is 4.72 Å². The molecular weight excluding hydrogens is 200 g/mol. The predicted molar refractivity (Wildman–Crippen MR) is 57.4 cm³/mol. The summed E-state index contributed by atoms with van der Waals surface area (Å²) in [4.78, 5) is 0. The zero-order chi connectivity index (χ0) is 10.6. The molecule has 1 fully saturated rings. The lowest BCUT2D eigenvalue weighted by atomic mass is 10.1. The van der Waals surface area contributed by atoms with Crippen LogP contribution in [0.25, 0.3) is 0 Å². The molecule has 1 aliphatic rings. The lowest BCUT2D eigenvalue weighted by molar-refractivity contribution is 0.495. The van der Waals surface area contributed by atoms with Crippen molar-refractivity contribution in [1.29, 1.82) is 0 Å². The lowest BCUT2D eigenvalue weighted by Crippen LogP contribution is -2.38. The zero-order valence-corrected chi connectivity index (χ0v) is 9.52. The molecule has 1 aliphatic carbocycles. The van der Waals surface area contributed by atoms with Crippen molar-refractivity contribution in [3.8, 4) is 0 Å². The third-order valence-corrected chi connectivity index (χ3v) is 4.01. The summed E-state index contributed by atoms with van der Waals surface area (Å²) in [7, 11) is -3.14. The van der Waals surface area contributed by atoms with Crippen LogP contribution in [-0.4, -0.2) is 26.8 Å². The Morgan fingerprint density at radius 1 is 1.50 bits per heavy atom. The second-order valence-electron chi connectivity index (χ2n) is 4.01. The van der Waals surface area contributed by atoms with Crippen LogP contribution in [0.3, 0.4) is 0 Å². The van der Waals surface area contributed by atoms with Crippen LogP contribution < -0.4 is 10.5 Å². The van der Waals surface area contributed by atoms with Crippen LogP contribution in [-0.2, 0) is 10.0 Å². The Balaban J connectivity index is 2.37. The SMILES string of the molecule is CCC(CC1CC1)NS(=O)(=O)CCN. The summed E-state index contributed by atoms with van der Waals surface area (Å²) in [5.74, 6) is 0.786. The van der Waals surface area contributed by atoms with Gasteiger partial charge in [-0.15, -0.1) is 0 Å². The van der Waals surface area contributed by atoms with Crippen LogP contribution >= 0.6 is 0 Å². The molecule has 4 nitrogen and oxygen atoms in total. The van der Waals surface area contributed by atoms with Gasteiger partial charge in [-0.2, -0.15) is 0 Å². The topological polar surface area (TPSA) is 72.2 Å². The number of hydrogen-bond donors (Lipinski definition) is 2. The minimum atomic E-state index is -3.14. The fourth-order valence-electron chi connectivity index (χ4n) is 1.52. The van der Waals surface area contributed by atoms with Gasteiger partial charge in [-0.25, -0.2) is 13.1 Å². The summed E-state index contributed by atoms with van der Waals surface area (Å²) in [5.41, 5.74) is 5.23. The number of nitrogens with two attached hydrogens (primary N) is 1. The van der Waals surface area contributed by atoms with E-state index in [1.807, 2.05) is 6.92 Å². The molecule has 1 unspecified atom stereocenters. The smallest absolute Gasteiger partial charge is 0.213 e. The van der Waals surface area contributed by atoms with Gasteiger partial charge in [-0.05, 0) is 18.8 Å². The van der Waals surface area contributed by atoms with E-state index in [9.17, 15) is 8.42 Å².